The van der Waals surface area contributed by atoms with E-state index in [2.05, 4.69) is 49.2 Å². The molecule has 0 spiro atoms. The first-order valence-corrected chi connectivity index (χ1v) is 12.8. The molecule has 188 valence electrons. The van der Waals surface area contributed by atoms with Gasteiger partial charge in [-0.2, -0.15) is 9.97 Å². The summed E-state index contributed by atoms with van der Waals surface area (Å²) in [5, 5.41) is 4.52. The number of likely N-dealkylation sites (N-methyl/N-ethyl adjacent to an activating group) is 1. The van der Waals surface area contributed by atoms with Gasteiger partial charge in [0.25, 0.3) is 0 Å². The maximum atomic E-state index is 6.00. The van der Waals surface area contributed by atoms with Gasteiger partial charge in [-0.15, -0.1) is 0 Å². The molecule has 0 radical (unpaired) electrons. The third-order valence-corrected chi connectivity index (χ3v) is 6.96. The number of hydrogen-bond acceptors (Lipinski definition) is 9. The number of benzene rings is 1. The predicted octanol–water partition coefficient (Wildman–Crippen LogP) is 3.97. The number of ether oxygens (including phenoxy) is 2. The first-order valence-electron chi connectivity index (χ1n) is 12.8. The van der Waals surface area contributed by atoms with Crippen molar-refractivity contribution in [2.24, 2.45) is 0 Å². The fourth-order valence-corrected chi connectivity index (χ4v) is 5.00. The van der Waals surface area contributed by atoms with Crippen molar-refractivity contribution in [2.45, 2.75) is 32.4 Å². The van der Waals surface area contributed by atoms with E-state index in [1.54, 1.807) is 6.33 Å². The number of piperazine rings is 1. The van der Waals surface area contributed by atoms with Crippen molar-refractivity contribution in [3.05, 3.63) is 36.8 Å². The maximum Gasteiger partial charge on any atom is 0.247 e. The Bertz CT molecular complexity index is 1360. The molecule has 36 heavy (non-hydrogen) atoms. The minimum atomic E-state index is -0.0705. The Hall–Kier alpha value is -3.50. The van der Waals surface area contributed by atoms with Crippen molar-refractivity contribution in [2.75, 3.05) is 56.7 Å². The molecule has 1 atom stereocenters. The molecule has 0 bridgehead atoms. The number of rotatable bonds is 6. The van der Waals surface area contributed by atoms with Crippen LogP contribution in [0.2, 0.25) is 0 Å². The second-order valence-electron chi connectivity index (χ2n) is 9.41. The Kier molecular flexibility index (Phi) is 6.28. The van der Waals surface area contributed by atoms with Crippen molar-refractivity contribution in [1.29, 1.82) is 0 Å². The quantitative estimate of drug-likeness (QED) is 0.433. The van der Waals surface area contributed by atoms with Crippen LogP contribution < -0.4 is 15.0 Å². The van der Waals surface area contributed by atoms with Crippen molar-refractivity contribution in [3.8, 4) is 5.88 Å². The lowest BCUT2D eigenvalue weighted by atomic mass is 10.1. The molecule has 6 rings (SSSR count). The summed E-state index contributed by atoms with van der Waals surface area (Å²) in [7, 11) is 2.17. The molecular weight excluding hydrogens is 456 g/mol. The molecular formula is C26H32N8O2. The van der Waals surface area contributed by atoms with E-state index in [1.165, 1.54) is 5.69 Å². The van der Waals surface area contributed by atoms with E-state index in [0.29, 0.717) is 29.6 Å². The van der Waals surface area contributed by atoms with E-state index in [0.717, 1.165) is 68.6 Å². The van der Waals surface area contributed by atoms with Crippen LogP contribution in [0.5, 0.6) is 5.88 Å². The fourth-order valence-electron chi connectivity index (χ4n) is 5.00. The number of anilines is 3. The van der Waals surface area contributed by atoms with Crippen LogP contribution in [-0.4, -0.2) is 75.8 Å². The number of hydrogen-bond donors (Lipinski definition) is 1. The summed E-state index contributed by atoms with van der Waals surface area (Å²) in [6.07, 6.45) is 6.75. The van der Waals surface area contributed by atoms with E-state index < -0.39 is 0 Å². The molecule has 0 amide bonds. The number of imidazole rings is 1. The lowest BCUT2D eigenvalue weighted by molar-refractivity contribution is -0.0298. The highest BCUT2D eigenvalue weighted by molar-refractivity contribution is 5.94. The van der Waals surface area contributed by atoms with Crippen LogP contribution in [0.15, 0.2) is 36.8 Å². The molecule has 1 aromatic carbocycles. The molecule has 3 aromatic heterocycles. The van der Waals surface area contributed by atoms with Gasteiger partial charge in [0.2, 0.25) is 11.8 Å². The second-order valence-corrected chi connectivity index (χ2v) is 9.41. The van der Waals surface area contributed by atoms with Gasteiger partial charge in [0.05, 0.1) is 18.5 Å². The van der Waals surface area contributed by atoms with Gasteiger partial charge < -0.3 is 24.6 Å². The van der Waals surface area contributed by atoms with E-state index >= 15 is 0 Å². The van der Waals surface area contributed by atoms with Gasteiger partial charge in [-0.1, -0.05) is 0 Å². The highest BCUT2D eigenvalue weighted by atomic mass is 16.5. The Balaban J connectivity index is 1.36. The lowest BCUT2D eigenvalue weighted by Crippen LogP contribution is -2.44. The Morgan fingerprint density at radius 3 is 2.78 bits per heavy atom. The molecule has 2 aliphatic rings. The summed E-state index contributed by atoms with van der Waals surface area (Å²) in [4.78, 5) is 23.4. The number of nitrogens with zero attached hydrogens (tertiary/aromatic N) is 7. The third kappa shape index (κ3) is 4.42. The summed E-state index contributed by atoms with van der Waals surface area (Å²) >= 11 is 0. The lowest BCUT2D eigenvalue weighted by Gasteiger charge is -2.34. The highest BCUT2D eigenvalue weighted by Crippen LogP contribution is 2.32. The molecule has 1 N–H and O–H groups in total. The van der Waals surface area contributed by atoms with Gasteiger partial charge in [0.1, 0.15) is 6.23 Å². The maximum absolute atomic E-state index is 6.00. The minimum Gasteiger partial charge on any atom is -0.476 e. The van der Waals surface area contributed by atoms with Gasteiger partial charge in [0, 0.05) is 55.7 Å². The van der Waals surface area contributed by atoms with Crippen LogP contribution >= 0.6 is 0 Å². The number of aromatic nitrogens is 5. The SMILES string of the molecule is CCOc1nc(Nc2ccc3nccc(N4CCN(C)CC4)c3c2)nc2c1ncn2C1CCCCO1. The Labute approximate surface area is 210 Å². The van der Waals surface area contributed by atoms with E-state index in [1.807, 2.05) is 29.8 Å². The van der Waals surface area contributed by atoms with Gasteiger partial charge >= 0.3 is 0 Å². The van der Waals surface area contributed by atoms with Gasteiger partial charge in [-0.3, -0.25) is 9.55 Å². The molecule has 2 saturated heterocycles. The molecule has 0 aliphatic carbocycles. The predicted molar refractivity (Wildman–Crippen MR) is 140 cm³/mol. The summed E-state index contributed by atoms with van der Waals surface area (Å²) in [6, 6.07) is 8.29. The summed E-state index contributed by atoms with van der Waals surface area (Å²) in [5.41, 5.74) is 4.43. The zero-order chi connectivity index (χ0) is 24.5. The third-order valence-electron chi connectivity index (χ3n) is 6.96. The van der Waals surface area contributed by atoms with E-state index in [4.69, 9.17) is 14.5 Å². The fraction of sp³-hybridized carbons (Fsp3) is 0.462. The zero-order valence-corrected chi connectivity index (χ0v) is 20.9. The summed E-state index contributed by atoms with van der Waals surface area (Å²) < 4.78 is 13.8. The first kappa shape index (κ1) is 22.9. The first-order chi connectivity index (χ1) is 17.7. The molecule has 10 heteroatoms. The van der Waals surface area contributed by atoms with Gasteiger partial charge in [0.15, 0.2) is 11.2 Å². The molecule has 2 aliphatic heterocycles. The number of pyridine rings is 1. The van der Waals surface area contributed by atoms with E-state index in [9.17, 15) is 0 Å². The summed E-state index contributed by atoms with van der Waals surface area (Å²) in [6.45, 7) is 7.28. The number of nitrogens with one attached hydrogen (secondary N) is 1. The molecule has 10 nitrogen and oxygen atoms in total. The molecule has 0 saturated carbocycles. The largest absolute Gasteiger partial charge is 0.476 e. The van der Waals surface area contributed by atoms with Crippen molar-refractivity contribution in [1.82, 2.24) is 29.4 Å². The van der Waals surface area contributed by atoms with Crippen molar-refractivity contribution < 1.29 is 9.47 Å². The van der Waals surface area contributed by atoms with E-state index in [-0.39, 0.29) is 6.23 Å². The Morgan fingerprint density at radius 1 is 1.08 bits per heavy atom. The molecule has 5 heterocycles. The second kappa shape index (κ2) is 9.87. The molecule has 2 fully saturated rings. The summed E-state index contributed by atoms with van der Waals surface area (Å²) in [5.74, 6) is 0.938. The zero-order valence-electron chi connectivity index (χ0n) is 20.9. The van der Waals surface area contributed by atoms with Crippen LogP contribution in [0.1, 0.15) is 32.4 Å². The smallest absolute Gasteiger partial charge is 0.247 e. The van der Waals surface area contributed by atoms with Crippen LogP contribution in [0.25, 0.3) is 22.1 Å². The van der Waals surface area contributed by atoms with Crippen LogP contribution in [0, 0.1) is 0 Å². The van der Waals surface area contributed by atoms with Crippen LogP contribution in [0.4, 0.5) is 17.3 Å². The molecule has 4 aromatic rings. The average molecular weight is 489 g/mol. The van der Waals surface area contributed by atoms with Crippen molar-refractivity contribution >= 4 is 39.4 Å². The standard InChI is InChI=1S/C26H32N8O2/c1-3-35-25-23-24(34(17-28-23)22-6-4-5-15-36-22)30-26(31-25)29-18-7-8-20-19(16-18)21(9-10-27-20)33-13-11-32(2)12-14-33/h7-10,16-17,22H,3-6,11-15H2,1-2H3,(H,29,30,31). The molecule has 1 unspecified atom stereocenters. The van der Waals surface area contributed by atoms with Gasteiger partial charge in [-0.25, -0.2) is 4.98 Å². The minimum absolute atomic E-state index is 0.0705. The average Bonchev–Trinajstić information content (AvgIpc) is 3.34. The topological polar surface area (TPSA) is 93.5 Å². The van der Waals surface area contributed by atoms with Gasteiger partial charge in [-0.05, 0) is 57.5 Å². The normalized spacial score (nSPS) is 19.2. The Morgan fingerprint density at radius 2 is 1.97 bits per heavy atom. The highest BCUT2D eigenvalue weighted by Gasteiger charge is 2.22. The van der Waals surface area contributed by atoms with Crippen molar-refractivity contribution in [3.63, 3.8) is 0 Å². The van der Waals surface area contributed by atoms with Crippen LogP contribution in [-0.2, 0) is 4.74 Å². The van der Waals surface area contributed by atoms with Crippen LogP contribution in [0.3, 0.4) is 0 Å². The number of fused-ring (bicyclic) bond motifs is 2. The monoisotopic (exact) mass is 488 g/mol.